The molecule has 5 nitrogen and oxygen atoms in total. The molecule has 0 radical (unpaired) electrons. The molecule has 1 unspecified atom stereocenters. The molecule has 2 heterocycles. The van der Waals surface area contributed by atoms with Gasteiger partial charge in [-0.25, -0.2) is 13.9 Å². The van der Waals surface area contributed by atoms with Crippen molar-refractivity contribution in [3.05, 3.63) is 135 Å². The molecule has 6 heteroatoms. The average molecular weight is 500 g/mol. The highest BCUT2D eigenvalue weighted by molar-refractivity contribution is 9.10. The molecular formula is C27H20BrN2O3+. The minimum atomic E-state index is -0.393. The van der Waals surface area contributed by atoms with Crippen LogP contribution in [0.2, 0.25) is 0 Å². The van der Waals surface area contributed by atoms with Crippen molar-refractivity contribution in [1.29, 1.82) is 0 Å². The fourth-order valence-corrected chi connectivity index (χ4v) is 4.23. The number of benzene rings is 3. The van der Waals surface area contributed by atoms with Gasteiger partial charge in [0, 0.05) is 21.0 Å². The Balaban J connectivity index is 1.53. The quantitative estimate of drug-likeness (QED) is 0.184. The molecule has 0 fully saturated rings. The minimum absolute atomic E-state index is 0.00623. The van der Waals surface area contributed by atoms with Gasteiger partial charge in [0.15, 0.2) is 12.6 Å². The Hall–Kier alpha value is -3.77. The monoisotopic (exact) mass is 499 g/mol. The van der Waals surface area contributed by atoms with Crippen molar-refractivity contribution in [1.82, 2.24) is 4.57 Å². The van der Waals surface area contributed by atoms with Gasteiger partial charge in [0.1, 0.15) is 18.0 Å². The van der Waals surface area contributed by atoms with E-state index in [4.69, 9.17) is 4.42 Å². The Bertz CT molecular complexity index is 1490. The van der Waals surface area contributed by atoms with Crippen LogP contribution in [-0.4, -0.2) is 10.4 Å². The molecule has 0 spiro atoms. The van der Waals surface area contributed by atoms with Gasteiger partial charge in [-0.2, -0.15) is 0 Å². The molecule has 162 valence electrons. The molecule has 3 aromatic carbocycles. The standard InChI is InChI=1S/C27H20BrN2O3/c28-22-12-10-19(11-13-22)24(31)17-29-14-15-30(18-29)26(20-6-2-1-3-7-20)23-16-21-8-4-5-9-25(21)33-27(23)32/h1-16,18,26H,17H2/q+1. The number of fused-ring (bicyclic) bond motifs is 1. The number of nitrogens with zero attached hydrogens (tertiary/aromatic N) is 2. The molecule has 5 aromatic rings. The lowest BCUT2D eigenvalue weighted by Crippen LogP contribution is -2.36. The van der Waals surface area contributed by atoms with E-state index in [1.54, 1.807) is 18.2 Å². The van der Waals surface area contributed by atoms with Gasteiger partial charge in [0.05, 0.1) is 5.56 Å². The van der Waals surface area contributed by atoms with Gasteiger partial charge in [-0.3, -0.25) is 4.79 Å². The van der Waals surface area contributed by atoms with Crippen LogP contribution >= 0.6 is 15.9 Å². The molecule has 33 heavy (non-hydrogen) atoms. The molecule has 0 aliphatic rings. The maximum absolute atomic E-state index is 13.0. The van der Waals surface area contributed by atoms with Crippen molar-refractivity contribution in [2.24, 2.45) is 0 Å². The summed E-state index contributed by atoms with van der Waals surface area (Å²) in [5.74, 6) is 0.00623. The van der Waals surface area contributed by atoms with Crippen LogP contribution in [0.4, 0.5) is 0 Å². The second-order valence-corrected chi connectivity index (χ2v) is 8.72. The van der Waals surface area contributed by atoms with Crippen LogP contribution in [-0.2, 0) is 6.54 Å². The summed E-state index contributed by atoms with van der Waals surface area (Å²) in [6.07, 6.45) is 5.57. The minimum Gasteiger partial charge on any atom is -0.422 e. The summed E-state index contributed by atoms with van der Waals surface area (Å²) in [6.45, 7) is 0.197. The van der Waals surface area contributed by atoms with Crippen LogP contribution in [0.5, 0.6) is 0 Å². The first-order chi connectivity index (χ1) is 16.1. The number of carbonyl (C=O) groups is 1. The number of para-hydroxylation sites is 1. The van der Waals surface area contributed by atoms with Gasteiger partial charge in [0.2, 0.25) is 12.1 Å². The lowest BCUT2D eigenvalue weighted by Gasteiger charge is -2.14. The van der Waals surface area contributed by atoms with Crippen molar-refractivity contribution in [3.8, 4) is 0 Å². The first-order valence-electron chi connectivity index (χ1n) is 10.5. The second kappa shape index (κ2) is 9.00. The Morgan fingerprint density at radius 1 is 0.970 bits per heavy atom. The molecule has 0 aliphatic carbocycles. The van der Waals surface area contributed by atoms with Gasteiger partial charge in [-0.15, -0.1) is 0 Å². The van der Waals surface area contributed by atoms with Gasteiger partial charge in [0.25, 0.3) is 0 Å². The predicted molar refractivity (Wildman–Crippen MR) is 129 cm³/mol. The Morgan fingerprint density at radius 3 is 2.48 bits per heavy atom. The molecule has 0 aliphatic heterocycles. The number of aromatic nitrogens is 2. The number of ketones is 1. The first-order valence-corrected chi connectivity index (χ1v) is 11.3. The third kappa shape index (κ3) is 4.43. The maximum atomic E-state index is 13.0. The summed E-state index contributed by atoms with van der Waals surface area (Å²) in [6, 6.07) is 26.1. The molecule has 0 N–H and O–H groups in total. The summed E-state index contributed by atoms with van der Waals surface area (Å²) in [5.41, 5.74) is 2.30. The number of carbonyl (C=O) groups excluding carboxylic acids is 1. The highest BCUT2D eigenvalue weighted by Gasteiger charge is 2.26. The van der Waals surface area contributed by atoms with E-state index in [1.807, 2.05) is 94.6 Å². The third-order valence-electron chi connectivity index (χ3n) is 5.58. The molecule has 0 bridgehead atoms. The lowest BCUT2D eigenvalue weighted by molar-refractivity contribution is -0.682. The largest absolute Gasteiger partial charge is 0.422 e. The maximum Gasteiger partial charge on any atom is 0.344 e. The molecule has 2 aromatic heterocycles. The van der Waals surface area contributed by atoms with Gasteiger partial charge >= 0.3 is 5.63 Å². The number of halogens is 1. The fourth-order valence-electron chi connectivity index (χ4n) is 3.97. The molecule has 0 amide bonds. The van der Waals surface area contributed by atoms with E-state index in [1.165, 1.54) is 0 Å². The molecule has 0 saturated carbocycles. The molecule has 5 rings (SSSR count). The number of imidazole rings is 1. The summed E-state index contributed by atoms with van der Waals surface area (Å²) in [7, 11) is 0. The second-order valence-electron chi connectivity index (χ2n) is 7.80. The van der Waals surface area contributed by atoms with E-state index in [0.29, 0.717) is 16.7 Å². The molecule has 0 saturated heterocycles. The zero-order valence-corrected chi connectivity index (χ0v) is 19.2. The Labute approximate surface area is 198 Å². The smallest absolute Gasteiger partial charge is 0.344 e. The van der Waals surface area contributed by atoms with Crippen LogP contribution in [0.15, 0.2) is 117 Å². The van der Waals surface area contributed by atoms with E-state index < -0.39 is 6.04 Å². The summed E-state index contributed by atoms with van der Waals surface area (Å²) < 4.78 is 10.3. The van der Waals surface area contributed by atoms with E-state index >= 15 is 0 Å². The normalized spacial score (nSPS) is 12.0. The Kier molecular flexibility index (Phi) is 5.75. The van der Waals surface area contributed by atoms with Gasteiger partial charge in [-0.05, 0) is 24.3 Å². The summed E-state index contributed by atoms with van der Waals surface area (Å²) >= 11 is 3.39. The lowest BCUT2D eigenvalue weighted by atomic mass is 9.99. The average Bonchev–Trinajstić information content (AvgIpc) is 3.28. The van der Waals surface area contributed by atoms with Crippen molar-refractivity contribution in [2.45, 2.75) is 12.6 Å². The van der Waals surface area contributed by atoms with Gasteiger partial charge < -0.3 is 4.42 Å². The predicted octanol–water partition coefficient (Wildman–Crippen LogP) is 5.17. The summed E-state index contributed by atoms with van der Waals surface area (Å²) in [4.78, 5) is 25.7. The number of hydrogen-bond donors (Lipinski definition) is 0. The zero-order chi connectivity index (χ0) is 22.8. The topological polar surface area (TPSA) is 56.1 Å². The van der Waals surface area contributed by atoms with E-state index in [0.717, 1.165) is 15.4 Å². The van der Waals surface area contributed by atoms with Crippen molar-refractivity contribution < 1.29 is 13.8 Å². The third-order valence-corrected chi connectivity index (χ3v) is 6.11. The highest BCUT2D eigenvalue weighted by Crippen LogP contribution is 2.26. The van der Waals surface area contributed by atoms with E-state index in [-0.39, 0.29) is 18.0 Å². The van der Waals surface area contributed by atoms with E-state index in [2.05, 4.69) is 15.9 Å². The van der Waals surface area contributed by atoms with Crippen molar-refractivity contribution in [2.75, 3.05) is 0 Å². The number of rotatable bonds is 6. The molecular weight excluding hydrogens is 480 g/mol. The van der Waals surface area contributed by atoms with Crippen LogP contribution < -0.4 is 10.2 Å². The summed E-state index contributed by atoms with van der Waals surface area (Å²) in [5, 5.41) is 0.860. The zero-order valence-electron chi connectivity index (χ0n) is 17.6. The van der Waals surface area contributed by atoms with Crippen molar-refractivity contribution in [3.63, 3.8) is 0 Å². The fraction of sp³-hybridized carbons (Fsp3) is 0.0741. The van der Waals surface area contributed by atoms with Crippen LogP contribution in [0.1, 0.15) is 27.5 Å². The van der Waals surface area contributed by atoms with Crippen molar-refractivity contribution >= 4 is 32.7 Å². The van der Waals surface area contributed by atoms with E-state index in [9.17, 15) is 9.59 Å². The SMILES string of the molecule is O=C(C[n+]1ccn(C(c2ccccc2)c2cc3ccccc3oc2=O)c1)c1ccc(Br)cc1. The van der Waals surface area contributed by atoms with Crippen LogP contribution in [0.3, 0.4) is 0 Å². The van der Waals surface area contributed by atoms with Crippen LogP contribution in [0, 0.1) is 0 Å². The van der Waals surface area contributed by atoms with Crippen LogP contribution in [0.25, 0.3) is 11.0 Å². The Morgan fingerprint density at radius 2 is 1.70 bits per heavy atom. The van der Waals surface area contributed by atoms with Gasteiger partial charge in [-0.1, -0.05) is 76.6 Å². The number of Topliss-reactive ketones (excluding diaryl/α,β-unsaturated/α-hetero) is 1. The highest BCUT2D eigenvalue weighted by atomic mass is 79.9. The molecule has 1 atom stereocenters. The first kappa shape index (κ1) is 21.1. The number of hydrogen-bond acceptors (Lipinski definition) is 3.